The highest BCUT2D eigenvalue weighted by atomic mass is 16.4. The Bertz CT molecular complexity index is 926. The first-order valence-electron chi connectivity index (χ1n) is 11.7. The minimum Gasteiger partial charge on any atom is -0.508 e. The van der Waals surface area contributed by atoms with Crippen molar-refractivity contribution in [3.05, 3.63) is 29.8 Å². The quantitative estimate of drug-likeness (QED) is 0.0944. The Balaban J connectivity index is 2.87. The minimum absolute atomic E-state index is 0.0165. The number of aliphatic hydroxyl groups is 1. The smallest absolute Gasteiger partial charge is 0.326 e. The summed E-state index contributed by atoms with van der Waals surface area (Å²) in [6.45, 7) is -0.446. The van der Waals surface area contributed by atoms with Crippen LogP contribution in [0.25, 0.3) is 0 Å². The van der Waals surface area contributed by atoms with Crippen molar-refractivity contribution in [2.45, 2.75) is 62.7 Å². The molecule has 0 aliphatic heterocycles. The molecule has 4 atom stereocenters. The van der Waals surface area contributed by atoms with Crippen molar-refractivity contribution < 1.29 is 39.3 Å². The number of primary amides is 1. The van der Waals surface area contributed by atoms with Crippen molar-refractivity contribution in [3.63, 3.8) is 0 Å². The van der Waals surface area contributed by atoms with E-state index in [0.29, 0.717) is 31.4 Å². The molecule has 0 bridgehead atoms. The van der Waals surface area contributed by atoms with E-state index >= 15 is 0 Å². The van der Waals surface area contributed by atoms with E-state index in [9.17, 15) is 39.3 Å². The molecule has 0 aromatic heterocycles. The van der Waals surface area contributed by atoms with Gasteiger partial charge in [-0.05, 0) is 43.5 Å². The summed E-state index contributed by atoms with van der Waals surface area (Å²) in [5.74, 6) is -4.65. The molecule has 37 heavy (non-hydrogen) atoms. The molecule has 1 aromatic carbocycles. The Morgan fingerprint density at radius 1 is 0.838 bits per heavy atom. The maximum absolute atomic E-state index is 12.8. The number of carbonyl (C=O) groups excluding carboxylic acids is 4. The van der Waals surface area contributed by atoms with Gasteiger partial charge in [-0.25, -0.2) is 4.79 Å². The van der Waals surface area contributed by atoms with Crippen LogP contribution in [0.4, 0.5) is 0 Å². The van der Waals surface area contributed by atoms with Gasteiger partial charge in [0.15, 0.2) is 0 Å². The van der Waals surface area contributed by atoms with Crippen LogP contribution in [0.2, 0.25) is 0 Å². The fraction of sp³-hybridized carbons (Fsp3) is 0.522. The number of nitrogens with one attached hydrogen (secondary N) is 3. The van der Waals surface area contributed by atoms with E-state index in [2.05, 4.69) is 16.0 Å². The van der Waals surface area contributed by atoms with Crippen LogP contribution in [0.5, 0.6) is 5.75 Å². The second kappa shape index (κ2) is 16.1. The van der Waals surface area contributed by atoms with Crippen LogP contribution in [-0.2, 0) is 30.4 Å². The van der Waals surface area contributed by atoms with Gasteiger partial charge in [-0.1, -0.05) is 18.6 Å². The van der Waals surface area contributed by atoms with Gasteiger partial charge in [-0.3, -0.25) is 19.2 Å². The number of phenolic OH excluding ortho intramolecular Hbond substituents is 1. The highest BCUT2D eigenvalue weighted by Crippen LogP contribution is 2.11. The fourth-order valence-corrected chi connectivity index (χ4v) is 3.28. The zero-order valence-corrected chi connectivity index (χ0v) is 20.4. The summed E-state index contributed by atoms with van der Waals surface area (Å²) in [5.41, 5.74) is 16.9. The molecule has 14 nitrogen and oxygen atoms in total. The molecule has 12 N–H and O–H groups in total. The molecule has 0 aliphatic rings. The SMILES string of the molecule is NCCCCC(N)C(=O)NC(CCC(N)=O)C(=O)NC(CO)C(=O)NC(Cc1ccc(O)cc1)C(=O)O. The van der Waals surface area contributed by atoms with Crippen LogP contribution in [0.3, 0.4) is 0 Å². The van der Waals surface area contributed by atoms with E-state index in [-0.39, 0.29) is 25.0 Å². The average molecular weight is 525 g/mol. The van der Waals surface area contributed by atoms with E-state index in [0.717, 1.165) is 0 Å². The average Bonchev–Trinajstić information content (AvgIpc) is 2.85. The fourth-order valence-electron chi connectivity index (χ4n) is 3.28. The van der Waals surface area contributed by atoms with Crippen molar-refractivity contribution in [2.24, 2.45) is 17.2 Å². The number of hydrogen-bond acceptors (Lipinski definition) is 9. The number of carboxylic acids is 1. The van der Waals surface area contributed by atoms with Crippen LogP contribution in [0, 0.1) is 0 Å². The largest absolute Gasteiger partial charge is 0.508 e. The summed E-state index contributed by atoms with van der Waals surface area (Å²) in [6.07, 6.45) is 0.972. The third-order valence-electron chi connectivity index (χ3n) is 5.42. The molecule has 0 aliphatic carbocycles. The van der Waals surface area contributed by atoms with E-state index in [1.165, 1.54) is 24.3 Å². The van der Waals surface area contributed by atoms with E-state index in [1.54, 1.807) is 0 Å². The molecule has 0 spiro atoms. The molecule has 0 radical (unpaired) electrons. The lowest BCUT2D eigenvalue weighted by molar-refractivity contribution is -0.142. The standard InChI is InChI=1S/C23H36N6O8/c24-10-2-1-3-15(25)20(33)27-16(8-9-19(26)32)21(34)29-18(12-30)22(35)28-17(23(36)37)11-13-4-6-14(31)7-5-13/h4-7,15-18,30-31H,1-3,8-12,24-25H2,(H2,26,32)(H,27,33)(H,28,35)(H,29,34)(H,36,37). The van der Waals surface area contributed by atoms with Crippen molar-refractivity contribution in [1.29, 1.82) is 0 Å². The lowest BCUT2D eigenvalue weighted by Gasteiger charge is -2.24. The molecular weight excluding hydrogens is 488 g/mol. The van der Waals surface area contributed by atoms with Crippen molar-refractivity contribution in [1.82, 2.24) is 16.0 Å². The van der Waals surface area contributed by atoms with E-state index < -0.39 is 60.4 Å². The number of hydrogen-bond donors (Lipinski definition) is 9. The third-order valence-corrected chi connectivity index (χ3v) is 5.42. The van der Waals surface area contributed by atoms with Crippen LogP contribution in [0.15, 0.2) is 24.3 Å². The predicted octanol–water partition coefficient (Wildman–Crippen LogP) is -2.81. The summed E-state index contributed by atoms with van der Waals surface area (Å²) in [4.78, 5) is 60.8. The van der Waals surface area contributed by atoms with Gasteiger partial charge >= 0.3 is 5.97 Å². The van der Waals surface area contributed by atoms with Gasteiger partial charge in [0.1, 0.15) is 23.9 Å². The summed E-state index contributed by atoms with van der Waals surface area (Å²) in [7, 11) is 0. The van der Waals surface area contributed by atoms with E-state index in [1.807, 2.05) is 0 Å². The van der Waals surface area contributed by atoms with Crippen molar-refractivity contribution >= 4 is 29.6 Å². The molecule has 0 saturated carbocycles. The highest BCUT2D eigenvalue weighted by Gasteiger charge is 2.30. The van der Waals surface area contributed by atoms with Crippen LogP contribution in [0.1, 0.15) is 37.7 Å². The first kappa shape index (κ1) is 31.3. The summed E-state index contributed by atoms with van der Waals surface area (Å²) in [5, 5.41) is 35.4. The molecule has 1 aromatic rings. The molecule has 206 valence electrons. The molecule has 0 heterocycles. The van der Waals surface area contributed by atoms with Gasteiger partial charge in [0.25, 0.3) is 0 Å². The second-order valence-corrected chi connectivity index (χ2v) is 8.47. The number of unbranched alkanes of at least 4 members (excludes halogenated alkanes) is 1. The molecule has 14 heteroatoms. The number of amides is 4. The minimum atomic E-state index is -1.56. The molecular formula is C23H36N6O8. The van der Waals surface area contributed by atoms with Gasteiger partial charge in [-0.15, -0.1) is 0 Å². The number of aromatic hydroxyl groups is 1. The summed E-state index contributed by atoms with van der Waals surface area (Å²) >= 11 is 0. The predicted molar refractivity (Wildman–Crippen MR) is 132 cm³/mol. The van der Waals surface area contributed by atoms with Gasteiger partial charge < -0.3 is 48.5 Å². The van der Waals surface area contributed by atoms with Crippen LogP contribution >= 0.6 is 0 Å². The monoisotopic (exact) mass is 524 g/mol. The normalized spacial score (nSPS) is 14.0. The highest BCUT2D eigenvalue weighted by molar-refractivity contribution is 5.94. The van der Waals surface area contributed by atoms with Gasteiger partial charge in [0.05, 0.1) is 12.6 Å². The Hall–Kier alpha value is -3.75. The number of aliphatic carboxylic acids is 1. The summed E-state index contributed by atoms with van der Waals surface area (Å²) < 4.78 is 0. The molecule has 4 amide bonds. The topological polar surface area (TPSA) is 260 Å². The Kier molecular flexibility index (Phi) is 13.6. The molecule has 1 rings (SSSR count). The lowest BCUT2D eigenvalue weighted by atomic mass is 10.0. The number of carboxylic acid groups (broad SMARTS) is 1. The number of rotatable bonds is 17. The maximum atomic E-state index is 12.8. The van der Waals surface area contributed by atoms with E-state index in [4.69, 9.17) is 17.2 Å². The number of aliphatic hydroxyl groups excluding tert-OH is 1. The third kappa shape index (κ3) is 11.7. The first-order chi connectivity index (χ1) is 17.5. The van der Waals surface area contributed by atoms with Crippen LogP contribution < -0.4 is 33.2 Å². The zero-order valence-electron chi connectivity index (χ0n) is 20.4. The van der Waals surface area contributed by atoms with Crippen LogP contribution in [-0.4, -0.2) is 82.2 Å². The molecule has 4 unspecified atom stereocenters. The lowest BCUT2D eigenvalue weighted by Crippen LogP contribution is -2.58. The number of nitrogens with two attached hydrogens (primary N) is 3. The number of carbonyl (C=O) groups is 5. The zero-order chi connectivity index (χ0) is 28.0. The Morgan fingerprint density at radius 2 is 1.41 bits per heavy atom. The maximum Gasteiger partial charge on any atom is 0.326 e. The van der Waals surface area contributed by atoms with Crippen molar-refractivity contribution in [2.75, 3.05) is 13.2 Å². The van der Waals surface area contributed by atoms with Gasteiger partial charge in [-0.2, -0.15) is 0 Å². The number of benzene rings is 1. The summed E-state index contributed by atoms with van der Waals surface area (Å²) in [6, 6.07) is 0.485. The first-order valence-corrected chi connectivity index (χ1v) is 11.7. The number of phenols is 1. The second-order valence-electron chi connectivity index (χ2n) is 8.47. The molecule has 0 fully saturated rings. The van der Waals surface area contributed by atoms with Crippen molar-refractivity contribution in [3.8, 4) is 5.75 Å². The van der Waals surface area contributed by atoms with Gasteiger partial charge in [0.2, 0.25) is 23.6 Å². The Morgan fingerprint density at radius 3 is 1.95 bits per heavy atom. The molecule has 0 saturated heterocycles. The van der Waals surface area contributed by atoms with Gasteiger partial charge in [0, 0.05) is 12.8 Å². The Labute approximate surface area is 213 Å².